The lowest BCUT2D eigenvalue weighted by Gasteiger charge is -2.42. The number of benzene rings is 2. The predicted octanol–water partition coefficient (Wildman–Crippen LogP) is 6.63. The maximum absolute atomic E-state index is 14.7. The molecule has 0 aliphatic rings. The number of nitrogens with one attached hydrogen (secondary N) is 3. The number of carbonyl (C=O) groups excluding carboxylic acids is 4. The van der Waals surface area contributed by atoms with Crippen molar-refractivity contribution in [3.05, 3.63) is 83.3 Å². The molecule has 1 atom stereocenters. The Morgan fingerprint density at radius 1 is 0.889 bits per heavy atom. The van der Waals surface area contributed by atoms with Gasteiger partial charge in [0.15, 0.2) is 0 Å². The Balaban J connectivity index is 1.91. The molecule has 242 valence electrons. The van der Waals surface area contributed by atoms with E-state index >= 15 is 0 Å². The molecular weight excluding hydrogens is 588 g/mol. The fourth-order valence-corrected chi connectivity index (χ4v) is 6.13. The summed E-state index contributed by atoms with van der Waals surface area (Å²) in [5.74, 6) is -0.860. The Morgan fingerprint density at radius 2 is 1.51 bits per heavy atom. The minimum atomic E-state index is -1.31. The first-order chi connectivity index (χ1) is 20.9. The maximum Gasteiger partial charge on any atom is 0.408 e. The van der Waals surface area contributed by atoms with Crippen LogP contribution in [-0.2, 0) is 25.3 Å². The Hall–Kier alpha value is -4.18. The zero-order valence-corrected chi connectivity index (χ0v) is 28.6. The molecule has 3 rings (SSSR count). The highest BCUT2D eigenvalue weighted by atomic mass is 32.1. The number of thiophene rings is 1. The Kier molecular flexibility index (Phi) is 10.9. The number of nitrogens with zero attached hydrogens (tertiary/aromatic N) is 1. The van der Waals surface area contributed by atoms with Gasteiger partial charge in [-0.15, -0.1) is 11.3 Å². The van der Waals surface area contributed by atoms with Crippen LogP contribution in [0, 0.1) is 0 Å². The van der Waals surface area contributed by atoms with E-state index in [4.69, 9.17) is 4.74 Å². The molecule has 0 spiro atoms. The molecule has 1 aromatic heterocycles. The lowest BCUT2D eigenvalue weighted by Crippen LogP contribution is -2.60. The van der Waals surface area contributed by atoms with Crippen molar-refractivity contribution in [2.24, 2.45) is 0 Å². The van der Waals surface area contributed by atoms with Gasteiger partial charge < -0.3 is 20.7 Å². The minimum absolute atomic E-state index is 0.0619. The SMILES string of the molecule is CNC(=O)N(C(=O)[C@@](C)(CNC(=O)/C=C/CC(C)(C)NC(=O)OC(C)(C)C)c1csc2ccccc12)C(C)(C)c1ccccc1. The van der Waals surface area contributed by atoms with Crippen LogP contribution in [-0.4, -0.2) is 53.6 Å². The number of hydrogen-bond acceptors (Lipinski definition) is 6. The van der Waals surface area contributed by atoms with Crippen molar-refractivity contribution in [1.29, 1.82) is 0 Å². The molecular formula is C35H46N4O5S. The molecule has 5 amide bonds. The van der Waals surface area contributed by atoms with Crippen LogP contribution in [0.2, 0.25) is 0 Å². The van der Waals surface area contributed by atoms with E-state index in [0.29, 0.717) is 6.42 Å². The largest absolute Gasteiger partial charge is 0.444 e. The highest BCUT2D eigenvalue weighted by Crippen LogP contribution is 2.39. The van der Waals surface area contributed by atoms with Crippen molar-refractivity contribution < 1.29 is 23.9 Å². The van der Waals surface area contributed by atoms with Gasteiger partial charge >= 0.3 is 12.1 Å². The number of fused-ring (bicyclic) bond motifs is 1. The van der Waals surface area contributed by atoms with Gasteiger partial charge in [-0.05, 0) is 95.8 Å². The summed E-state index contributed by atoms with van der Waals surface area (Å²) in [6.07, 6.45) is 2.88. The molecule has 1 heterocycles. The van der Waals surface area contributed by atoms with E-state index in [1.807, 2.05) is 87.7 Å². The van der Waals surface area contributed by atoms with Crippen molar-refractivity contribution in [2.45, 2.75) is 83.9 Å². The van der Waals surface area contributed by atoms with Crippen molar-refractivity contribution in [1.82, 2.24) is 20.9 Å². The van der Waals surface area contributed by atoms with Crippen LogP contribution < -0.4 is 16.0 Å². The summed E-state index contributed by atoms with van der Waals surface area (Å²) in [7, 11) is 1.49. The molecule has 45 heavy (non-hydrogen) atoms. The van der Waals surface area contributed by atoms with Crippen LogP contribution in [0.3, 0.4) is 0 Å². The van der Waals surface area contributed by atoms with Gasteiger partial charge in [-0.2, -0.15) is 0 Å². The topological polar surface area (TPSA) is 117 Å². The number of hydrogen-bond donors (Lipinski definition) is 3. The molecule has 0 aliphatic heterocycles. The lowest BCUT2D eigenvalue weighted by molar-refractivity contribution is -0.138. The van der Waals surface area contributed by atoms with Gasteiger partial charge in [0.05, 0.1) is 11.0 Å². The summed E-state index contributed by atoms with van der Waals surface area (Å²) in [6, 6.07) is 16.6. The number of alkyl carbamates (subject to hydrolysis) is 1. The number of rotatable bonds is 10. The second kappa shape index (κ2) is 13.9. The summed E-state index contributed by atoms with van der Waals surface area (Å²) in [5, 5.41) is 11.2. The van der Waals surface area contributed by atoms with Crippen LogP contribution in [0.1, 0.15) is 72.9 Å². The summed E-state index contributed by atoms with van der Waals surface area (Å²) in [4.78, 5) is 54.8. The summed E-state index contributed by atoms with van der Waals surface area (Å²) in [6.45, 7) is 14.4. The molecule has 0 unspecified atom stereocenters. The van der Waals surface area contributed by atoms with Crippen LogP contribution >= 0.6 is 11.3 Å². The molecule has 0 saturated carbocycles. The van der Waals surface area contributed by atoms with Crippen LogP contribution in [0.4, 0.5) is 9.59 Å². The van der Waals surface area contributed by atoms with Gasteiger partial charge in [0.25, 0.3) is 0 Å². The molecule has 3 aromatic rings. The Labute approximate surface area is 270 Å². The zero-order valence-electron chi connectivity index (χ0n) is 27.7. The molecule has 0 bridgehead atoms. The average Bonchev–Trinajstić information content (AvgIpc) is 3.39. The fourth-order valence-electron chi connectivity index (χ4n) is 5.04. The summed E-state index contributed by atoms with van der Waals surface area (Å²) >= 11 is 1.50. The van der Waals surface area contributed by atoms with Crippen molar-refractivity contribution >= 4 is 45.4 Å². The average molecular weight is 635 g/mol. The summed E-state index contributed by atoms with van der Waals surface area (Å²) < 4.78 is 6.34. The van der Waals surface area contributed by atoms with Gasteiger partial charge in [-0.3, -0.25) is 14.5 Å². The third kappa shape index (κ3) is 8.72. The fraction of sp³-hybridized carbons (Fsp3) is 0.429. The number of imide groups is 1. The quantitative estimate of drug-likeness (QED) is 0.217. The summed E-state index contributed by atoms with van der Waals surface area (Å²) in [5.41, 5.74) is -2.11. The molecule has 0 saturated heterocycles. The molecule has 2 aromatic carbocycles. The van der Waals surface area contributed by atoms with Gasteiger partial charge in [-0.25, -0.2) is 9.59 Å². The molecule has 10 heteroatoms. The first-order valence-electron chi connectivity index (χ1n) is 15.0. The van der Waals surface area contributed by atoms with Crippen LogP contribution in [0.25, 0.3) is 10.1 Å². The molecule has 3 N–H and O–H groups in total. The predicted molar refractivity (Wildman–Crippen MR) is 180 cm³/mol. The van der Waals surface area contributed by atoms with E-state index in [1.54, 1.807) is 33.8 Å². The van der Waals surface area contributed by atoms with Gasteiger partial charge in [0.2, 0.25) is 11.8 Å². The molecule has 0 aliphatic carbocycles. The van der Waals surface area contributed by atoms with Gasteiger partial charge in [-0.1, -0.05) is 54.6 Å². The second-order valence-electron chi connectivity index (χ2n) is 13.4. The van der Waals surface area contributed by atoms with E-state index in [1.165, 1.54) is 29.4 Å². The Bertz CT molecular complexity index is 1550. The number of carbonyl (C=O) groups is 4. The van der Waals surface area contributed by atoms with Crippen LogP contribution in [0.15, 0.2) is 72.1 Å². The molecule has 0 fully saturated rings. The second-order valence-corrected chi connectivity index (χ2v) is 14.3. The Morgan fingerprint density at radius 3 is 2.13 bits per heavy atom. The van der Waals surface area contributed by atoms with E-state index in [9.17, 15) is 19.2 Å². The van der Waals surface area contributed by atoms with Crippen LogP contribution in [0.5, 0.6) is 0 Å². The third-order valence-corrected chi connectivity index (χ3v) is 8.52. The molecule has 0 radical (unpaired) electrons. The first kappa shape index (κ1) is 35.3. The number of urea groups is 1. The normalized spacial score (nSPS) is 13.6. The molecule has 9 nitrogen and oxygen atoms in total. The van der Waals surface area contributed by atoms with Crippen molar-refractivity contribution in [3.63, 3.8) is 0 Å². The first-order valence-corrected chi connectivity index (χ1v) is 15.8. The van der Waals surface area contributed by atoms with E-state index in [-0.39, 0.29) is 6.54 Å². The standard InChI is InChI=1S/C35H46N4O5S/c1-32(2,3)44-31(43)38-33(4,5)21-15-20-28(40)37-23-35(8,26-22-45-27-19-14-13-18-25(26)27)29(41)39(30(42)36-9)34(6,7)24-16-11-10-12-17-24/h10-20,22H,21,23H2,1-9H3,(H,36,42)(H,37,40)(H,38,43)/b20-15+/t35-/m0/s1. The smallest absolute Gasteiger partial charge is 0.408 e. The lowest BCUT2D eigenvalue weighted by atomic mass is 9.78. The van der Waals surface area contributed by atoms with Crippen molar-refractivity contribution in [2.75, 3.05) is 13.6 Å². The van der Waals surface area contributed by atoms with E-state index in [2.05, 4.69) is 16.0 Å². The maximum atomic E-state index is 14.7. The third-order valence-electron chi connectivity index (χ3n) is 7.56. The zero-order chi connectivity index (χ0) is 33.6. The highest BCUT2D eigenvalue weighted by molar-refractivity contribution is 7.17. The van der Waals surface area contributed by atoms with Crippen molar-refractivity contribution in [3.8, 4) is 0 Å². The highest BCUT2D eigenvalue weighted by Gasteiger charge is 2.47. The number of ether oxygens (including phenoxy) is 1. The number of amides is 5. The minimum Gasteiger partial charge on any atom is -0.444 e. The monoisotopic (exact) mass is 634 g/mol. The van der Waals surface area contributed by atoms with Gasteiger partial charge in [0.1, 0.15) is 5.60 Å². The van der Waals surface area contributed by atoms with E-state index in [0.717, 1.165) is 21.2 Å². The van der Waals surface area contributed by atoms with Gasteiger partial charge in [0, 0.05) is 23.8 Å². The van der Waals surface area contributed by atoms with E-state index < -0.39 is 46.0 Å².